The highest BCUT2D eigenvalue weighted by Gasteiger charge is 2.44. The molecule has 2 aliphatic rings. The highest BCUT2D eigenvalue weighted by molar-refractivity contribution is 7.15. The lowest BCUT2D eigenvalue weighted by molar-refractivity contribution is 0.394. The van der Waals surface area contributed by atoms with Gasteiger partial charge in [-0.25, -0.2) is 4.98 Å². The number of hydrogen-bond acceptors (Lipinski definition) is 2. The van der Waals surface area contributed by atoms with Crippen LogP contribution in [0.4, 0.5) is 0 Å². The molecule has 27 heavy (non-hydrogen) atoms. The summed E-state index contributed by atoms with van der Waals surface area (Å²) in [6.45, 7) is 6.90. The standard InChI is InChI=1S/C24H24N2S/c1-15-9-12-22(27-15)21-14-26(4)23(25-21)16-10-11-18-17-7-5-6-8-19(17)24(2,3)20(18)13-16/h5-14,17,19H,1-4H3. The third-order valence-electron chi connectivity index (χ3n) is 6.20. The summed E-state index contributed by atoms with van der Waals surface area (Å²) < 4.78 is 2.15. The molecule has 0 spiro atoms. The molecule has 0 saturated carbocycles. The molecule has 2 aliphatic carbocycles. The Morgan fingerprint density at radius 3 is 2.67 bits per heavy atom. The van der Waals surface area contributed by atoms with Crippen molar-refractivity contribution >= 4 is 11.3 Å². The molecular weight excluding hydrogens is 348 g/mol. The van der Waals surface area contributed by atoms with Crippen LogP contribution < -0.4 is 0 Å². The summed E-state index contributed by atoms with van der Waals surface area (Å²) in [5.74, 6) is 2.08. The molecular formula is C24H24N2S. The molecule has 0 saturated heterocycles. The van der Waals surface area contributed by atoms with Crippen LogP contribution >= 0.6 is 11.3 Å². The number of rotatable bonds is 2. The number of fused-ring (bicyclic) bond motifs is 3. The summed E-state index contributed by atoms with van der Waals surface area (Å²) in [5.41, 5.74) is 5.33. The molecule has 0 bridgehead atoms. The summed E-state index contributed by atoms with van der Waals surface area (Å²) in [6.07, 6.45) is 11.3. The number of hydrogen-bond donors (Lipinski definition) is 0. The van der Waals surface area contributed by atoms with Gasteiger partial charge in [0, 0.05) is 29.6 Å². The van der Waals surface area contributed by atoms with Crippen molar-refractivity contribution in [3.05, 3.63) is 76.8 Å². The largest absolute Gasteiger partial charge is 0.333 e. The number of aromatic nitrogens is 2. The second-order valence-corrected chi connectivity index (χ2v) is 9.60. The van der Waals surface area contributed by atoms with Gasteiger partial charge in [0.05, 0.1) is 10.6 Å². The second kappa shape index (κ2) is 5.80. The van der Waals surface area contributed by atoms with Crippen LogP contribution in [0, 0.1) is 12.8 Å². The molecule has 2 aromatic heterocycles. The van der Waals surface area contributed by atoms with E-state index in [1.807, 2.05) is 0 Å². The van der Waals surface area contributed by atoms with E-state index in [1.165, 1.54) is 26.4 Å². The molecule has 0 radical (unpaired) electrons. The number of allylic oxidation sites excluding steroid dienone is 4. The molecule has 1 aromatic carbocycles. The van der Waals surface area contributed by atoms with Gasteiger partial charge in [0.2, 0.25) is 0 Å². The van der Waals surface area contributed by atoms with Crippen LogP contribution in [0.5, 0.6) is 0 Å². The molecule has 2 unspecified atom stereocenters. The Hall–Kier alpha value is -2.39. The summed E-state index contributed by atoms with van der Waals surface area (Å²) in [6, 6.07) is 11.3. The van der Waals surface area contributed by atoms with Crippen LogP contribution in [0.2, 0.25) is 0 Å². The van der Waals surface area contributed by atoms with Gasteiger partial charge in [0.1, 0.15) is 5.82 Å². The Bertz CT molecular complexity index is 1090. The fraction of sp³-hybridized carbons (Fsp3) is 0.292. The van der Waals surface area contributed by atoms with Crippen molar-refractivity contribution in [3.8, 4) is 22.0 Å². The van der Waals surface area contributed by atoms with Crippen molar-refractivity contribution in [1.82, 2.24) is 9.55 Å². The predicted octanol–water partition coefficient (Wildman–Crippen LogP) is 6.24. The van der Waals surface area contributed by atoms with Gasteiger partial charge < -0.3 is 4.57 Å². The van der Waals surface area contributed by atoms with Crippen LogP contribution in [-0.4, -0.2) is 9.55 Å². The monoisotopic (exact) mass is 372 g/mol. The van der Waals surface area contributed by atoms with Gasteiger partial charge in [-0.2, -0.15) is 0 Å². The molecule has 0 N–H and O–H groups in total. The topological polar surface area (TPSA) is 17.8 Å². The van der Waals surface area contributed by atoms with Crippen LogP contribution in [0.15, 0.2) is 60.8 Å². The zero-order valence-corrected chi connectivity index (χ0v) is 17.0. The van der Waals surface area contributed by atoms with Gasteiger partial charge >= 0.3 is 0 Å². The number of nitrogens with zero attached hydrogens (tertiary/aromatic N) is 2. The summed E-state index contributed by atoms with van der Waals surface area (Å²) in [7, 11) is 2.09. The van der Waals surface area contributed by atoms with Crippen molar-refractivity contribution in [2.75, 3.05) is 0 Å². The molecule has 5 rings (SSSR count). The maximum atomic E-state index is 4.97. The highest BCUT2D eigenvalue weighted by Crippen LogP contribution is 2.53. The van der Waals surface area contributed by atoms with Gasteiger partial charge in [0.15, 0.2) is 0 Å². The molecule has 0 fully saturated rings. The van der Waals surface area contributed by atoms with E-state index in [1.54, 1.807) is 11.3 Å². The minimum absolute atomic E-state index is 0.135. The van der Waals surface area contributed by atoms with Gasteiger partial charge in [-0.3, -0.25) is 0 Å². The zero-order chi connectivity index (χ0) is 18.8. The third kappa shape index (κ3) is 2.49. The van der Waals surface area contributed by atoms with Crippen molar-refractivity contribution in [2.24, 2.45) is 13.0 Å². The van der Waals surface area contributed by atoms with Crippen molar-refractivity contribution in [1.29, 1.82) is 0 Å². The number of benzene rings is 1. The SMILES string of the molecule is Cc1ccc(-c2cn(C)c(-c3ccc4c(c3)C(C)(C)C3C=CC=CC43)n2)s1. The highest BCUT2D eigenvalue weighted by atomic mass is 32.1. The van der Waals surface area contributed by atoms with E-state index in [9.17, 15) is 0 Å². The first-order valence-corrected chi connectivity index (χ1v) is 10.4. The lowest BCUT2D eigenvalue weighted by atomic mass is 9.74. The first-order valence-electron chi connectivity index (χ1n) is 9.55. The molecule has 2 heterocycles. The van der Waals surface area contributed by atoms with Crippen molar-refractivity contribution in [2.45, 2.75) is 32.1 Å². The third-order valence-corrected chi connectivity index (χ3v) is 7.23. The molecule has 2 atom stereocenters. The normalized spacial score (nSPS) is 22.1. The summed E-state index contributed by atoms with van der Waals surface area (Å²) >= 11 is 1.80. The van der Waals surface area contributed by atoms with Crippen LogP contribution in [0.3, 0.4) is 0 Å². The smallest absolute Gasteiger partial charge is 0.140 e. The minimum atomic E-state index is 0.135. The average molecular weight is 373 g/mol. The van der Waals surface area contributed by atoms with Crippen molar-refractivity contribution < 1.29 is 0 Å². The lowest BCUT2D eigenvalue weighted by Gasteiger charge is -2.29. The molecule has 0 aliphatic heterocycles. The van der Waals surface area contributed by atoms with Gasteiger partial charge in [-0.1, -0.05) is 50.3 Å². The summed E-state index contributed by atoms with van der Waals surface area (Å²) in [5, 5.41) is 0. The Labute approximate surface area is 164 Å². The minimum Gasteiger partial charge on any atom is -0.333 e. The van der Waals surface area contributed by atoms with E-state index in [0.29, 0.717) is 11.8 Å². The fourth-order valence-corrected chi connectivity index (χ4v) is 5.56. The maximum absolute atomic E-state index is 4.97. The van der Waals surface area contributed by atoms with E-state index in [-0.39, 0.29) is 5.41 Å². The molecule has 3 heteroatoms. The molecule has 2 nitrogen and oxygen atoms in total. The molecule has 0 amide bonds. The van der Waals surface area contributed by atoms with E-state index >= 15 is 0 Å². The van der Waals surface area contributed by atoms with Gasteiger partial charge in [-0.15, -0.1) is 11.3 Å². The van der Waals surface area contributed by atoms with Crippen molar-refractivity contribution in [3.63, 3.8) is 0 Å². The Morgan fingerprint density at radius 1 is 1.07 bits per heavy atom. The fourth-order valence-electron chi connectivity index (χ4n) is 4.74. The van der Waals surface area contributed by atoms with E-state index in [4.69, 9.17) is 4.98 Å². The predicted molar refractivity (Wildman–Crippen MR) is 114 cm³/mol. The van der Waals surface area contributed by atoms with E-state index in [2.05, 4.69) is 93.2 Å². The first kappa shape index (κ1) is 16.8. The van der Waals surface area contributed by atoms with Crippen LogP contribution in [0.25, 0.3) is 22.0 Å². The quantitative estimate of drug-likeness (QED) is 0.520. The van der Waals surface area contributed by atoms with E-state index < -0.39 is 0 Å². The molecule has 136 valence electrons. The Kier molecular flexibility index (Phi) is 3.60. The maximum Gasteiger partial charge on any atom is 0.140 e. The average Bonchev–Trinajstić information content (AvgIpc) is 3.32. The van der Waals surface area contributed by atoms with Crippen LogP contribution in [-0.2, 0) is 12.5 Å². The van der Waals surface area contributed by atoms with Gasteiger partial charge in [0.25, 0.3) is 0 Å². The lowest BCUT2D eigenvalue weighted by Crippen LogP contribution is -2.24. The number of imidazole rings is 1. The zero-order valence-electron chi connectivity index (χ0n) is 16.2. The Morgan fingerprint density at radius 2 is 1.89 bits per heavy atom. The van der Waals surface area contributed by atoms with E-state index in [0.717, 1.165) is 11.5 Å². The van der Waals surface area contributed by atoms with Crippen LogP contribution in [0.1, 0.15) is 35.8 Å². The summed E-state index contributed by atoms with van der Waals surface area (Å²) in [4.78, 5) is 7.53. The molecule has 3 aromatic rings. The Balaban J connectivity index is 1.60. The van der Waals surface area contributed by atoms with Gasteiger partial charge in [-0.05, 0) is 47.6 Å². The second-order valence-electron chi connectivity index (χ2n) is 8.32. The number of aryl methyl sites for hydroxylation is 2. The first-order chi connectivity index (χ1) is 12.9. The number of thiophene rings is 1.